The summed E-state index contributed by atoms with van der Waals surface area (Å²) in [6.07, 6.45) is 0.344. The molecule has 0 spiro atoms. The molecular weight excluding hydrogens is 214 g/mol. The molecule has 3 heteroatoms. The zero-order valence-electron chi connectivity index (χ0n) is 9.86. The Hall–Kier alpha value is -2.21. The van der Waals surface area contributed by atoms with E-state index in [-0.39, 0.29) is 0 Å². The molecule has 0 heterocycles. The number of ether oxygens (including phenoxy) is 2. The number of rotatable bonds is 3. The first kappa shape index (κ1) is 11.3. The second-order valence-corrected chi connectivity index (χ2v) is 3.65. The van der Waals surface area contributed by atoms with Crippen molar-refractivity contribution < 1.29 is 9.47 Å². The Balaban J connectivity index is 2.74. The average molecular weight is 227 g/mol. The number of nitriles is 1. The maximum Gasteiger partial charge on any atom is 0.131 e. The lowest BCUT2D eigenvalue weighted by Crippen LogP contribution is -1.93. The van der Waals surface area contributed by atoms with Crippen LogP contribution >= 0.6 is 0 Å². The van der Waals surface area contributed by atoms with E-state index >= 15 is 0 Å². The van der Waals surface area contributed by atoms with E-state index in [4.69, 9.17) is 14.7 Å². The molecule has 0 radical (unpaired) electrons. The van der Waals surface area contributed by atoms with Crippen LogP contribution in [-0.4, -0.2) is 14.2 Å². The molecule has 0 aromatic heterocycles. The maximum absolute atomic E-state index is 8.78. The molecule has 2 aromatic rings. The highest BCUT2D eigenvalue weighted by Crippen LogP contribution is 2.34. The molecule has 3 nitrogen and oxygen atoms in total. The fraction of sp³-hybridized carbons (Fsp3) is 0.214. The summed E-state index contributed by atoms with van der Waals surface area (Å²) in [5.74, 6) is 1.56. The molecular formula is C14H13NO2. The highest BCUT2D eigenvalue weighted by Gasteiger charge is 2.10. The van der Waals surface area contributed by atoms with Crippen molar-refractivity contribution in [3.63, 3.8) is 0 Å². The molecule has 0 atom stereocenters. The van der Waals surface area contributed by atoms with Crippen LogP contribution < -0.4 is 9.47 Å². The van der Waals surface area contributed by atoms with Gasteiger partial charge in [0.05, 0.1) is 26.7 Å². The van der Waals surface area contributed by atoms with Crippen molar-refractivity contribution in [2.45, 2.75) is 6.42 Å². The van der Waals surface area contributed by atoms with E-state index in [9.17, 15) is 0 Å². The third kappa shape index (κ3) is 1.90. The van der Waals surface area contributed by atoms with Crippen LogP contribution in [0, 0.1) is 11.3 Å². The van der Waals surface area contributed by atoms with Crippen LogP contribution in [0.2, 0.25) is 0 Å². The minimum absolute atomic E-state index is 0.344. The minimum atomic E-state index is 0.344. The van der Waals surface area contributed by atoms with E-state index in [1.54, 1.807) is 14.2 Å². The van der Waals surface area contributed by atoms with Crippen molar-refractivity contribution in [2.75, 3.05) is 14.2 Å². The van der Waals surface area contributed by atoms with Crippen LogP contribution in [0.5, 0.6) is 11.5 Å². The summed E-state index contributed by atoms with van der Waals surface area (Å²) in [6, 6.07) is 11.8. The molecule has 0 aliphatic rings. The first-order chi connectivity index (χ1) is 8.31. The van der Waals surface area contributed by atoms with Crippen LogP contribution in [0.1, 0.15) is 5.56 Å². The number of benzene rings is 2. The summed E-state index contributed by atoms with van der Waals surface area (Å²) in [6.45, 7) is 0. The van der Waals surface area contributed by atoms with E-state index in [0.29, 0.717) is 6.42 Å². The second-order valence-electron chi connectivity index (χ2n) is 3.65. The Morgan fingerprint density at radius 2 is 1.88 bits per heavy atom. The lowest BCUT2D eigenvalue weighted by atomic mass is 10.0. The molecule has 0 amide bonds. The highest BCUT2D eigenvalue weighted by atomic mass is 16.5. The summed E-state index contributed by atoms with van der Waals surface area (Å²) in [5.41, 5.74) is 0.899. The van der Waals surface area contributed by atoms with Gasteiger partial charge in [-0.15, -0.1) is 0 Å². The van der Waals surface area contributed by atoms with Gasteiger partial charge in [-0.1, -0.05) is 24.3 Å². The van der Waals surface area contributed by atoms with Crippen molar-refractivity contribution in [1.82, 2.24) is 0 Å². The Labute approximate surface area is 100 Å². The van der Waals surface area contributed by atoms with Crippen LogP contribution in [-0.2, 0) is 6.42 Å². The monoisotopic (exact) mass is 227 g/mol. The van der Waals surface area contributed by atoms with E-state index in [2.05, 4.69) is 6.07 Å². The largest absolute Gasteiger partial charge is 0.496 e. The molecule has 0 aliphatic heterocycles. The van der Waals surface area contributed by atoms with Crippen LogP contribution in [0.3, 0.4) is 0 Å². The summed E-state index contributed by atoms with van der Waals surface area (Å²) in [4.78, 5) is 0. The predicted molar refractivity (Wildman–Crippen MR) is 66.4 cm³/mol. The molecule has 17 heavy (non-hydrogen) atoms. The summed E-state index contributed by atoms with van der Waals surface area (Å²) in [7, 11) is 3.26. The third-order valence-electron chi connectivity index (χ3n) is 2.75. The van der Waals surface area contributed by atoms with Gasteiger partial charge in [-0.25, -0.2) is 0 Å². The van der Waals surface area contributed by atoms with E-state index in [1.165, 1.54) is 0 Å². The number of hydrogen-bond donors (Lipinski definition) is 0. The topological polar surface area (TPSA) is 42.2 Å². The molecule has 0 saturated heterocycles. The number of methoxy groups -OCH3 is 2. The van der Waals surface area contributed by atoms with Crippen LogP contribution in [0.4, 0.5) is 0 Å². The van der Waals surface area contributed by atoms with Crippen LogP contribution in [0.15, 0.2) is 30.3 Å². The molecule has 0 bridgehead atoms. The van der Waals surface area contributed by atoms with Crippen molar-refractivity contribution in [1.29, 1.82) is 5.26 Å². The molecule has 0 N–H and O–H groups in total. The smallest absolute Gasteiger partial charge is 0.131 e. The quantitative estimate of drug-likeness (QED) is 0.809. The van der Waals surface area contributed by atoms with Gasteiger partial charge in [0.2, 0.25) is 0 Å². The normalized spacial score (nSPS) is 9.94. The standard InChI is InChI=1S/C14H13NO2/c1-16-13-5-3-4-12-11(13)7-6-10(8-9-15)14(12)17-2/h3-7H,8H2,1-2H3. The first-order valence-electron chi connectivity index (χ1n) is 5.31. The van der Waals surface area contributed by atoms with Gasteiger partial charge in [-0.05, 0) is 6.07 Å². The number of hydrogen-bond acceptors (Lipinski definition) is 3. The maximum atomic E-state index is 8.78. The van der Waals surface area contributed by atoms with Crippen molar-refractivity contribution in [3.8, 4) is 17.6 Å². The molecule has 2 aromatic carbocycles. The zero-order valence-corrected chi connectivity index (χ0v) is 9.86. The summed E-state index contributed by atoms with van der Waals surface area (Å²) in [5, 5.41) is 10.7. The molecule has 86 valence electrons. The minimum Gasteiger partial charge on any atom is -0.496 e. The van der Waals surface area contributed by atoms with Gasteiger partial charge >= 0.3 is 0 Å². The van der Waals surface area contributed by atoms with Gasteiger partial charge in [0.1, 0.15) is 11.5 Å². The van der Waals surface area contributed by atoms with Crippen LogP contribution in [0.25, 0.3) is 10.8 Å². The van der Waals surface area contributed by atoms with Crippen molar-refractivity contribution >= 4 is 10.8 Å². The van der Waals surface area contributed by atoms with E-state index < -0.39 is 0 Å². The average Bonchev–Trinajstić information content (AvgIpc) is 2.38. The summed E-state index contributed by atoms with van der Waals surface area (Å²) < 4.78 is 10.7. The second kappa shape index (κ2) is 4.75. The van der Waals surface area contributed by atoms with E-state index in [0.717, 1.165) is 27.8 Å². The van der Waals surface area contributed by atoms with Gasteiger partial charge < -0.3 is 9.47 Å². The number of fused-ring (bicyclic) bond motifs is 1. The van der Waals surface area contributed by atoms with Crippen molar-refractivity contribution in [3.05, 3.63) is 35.9 Å². The SMILES string of the molecule is COc1cccc2c(OC)c(CC#N)ccc12. The third-order valence-corrected chi connectivity index (χ3v) is 2.75. The first-order valence-corrected chi connectivity index (χ1v) is 5.31. The lowest BCUT2D eigenvalue weighted by Gasteiger charge is -2.12. The molecule has 0 fully saturated rings. The number of nitrogens with zero attached hydrogens (tertiary/aromatic N) is 1. The molecule has 0 aliphatic carbocycles. The van der Waals surface area contributed by atoms with Gasteiger partial charge in [-0.3, -0.25) is 0 Å². The van der Waals surface area contributed by atoms with E-state index in [1.807, 2.05) is 30.3 Å². The van der Waals surface area contributed by atoms with Gasteiger partial charge in [0.15, 0.2) is 0 Å². The Morgan fingerprint density at radius 1 is 1.06 bits per heavy atom. The van der Waals surface area contributed by atoms with Gasteiger partial charge in [0.25, 0.3) is 0 Å². The lowest BCUT2D eigenvalue weighted by molar-refractivity contribution is 0.413. The molecule has 0 unspecified atom stereocenters. The van der Waals surface area contributed by atoms with Gasteiger partial charge in [-0.2, -0.15) is 5.26 Å². The fourth-order valence-electron chi connectivity index (χ4n) is 1.99. The Bertz CT molecular complexity index is 585. The molecule has 0 saturated carbocycles. The molecule has 2 rings (SSSR count). The van der Waals surface area contributed by atoms with Gasteiger partial charge in [0, 0.05) is 16.3 Å². The zero-order chi connectivity index (χ0) is 12.3. The van der Waals surface area contributed by atoms with Crippen molar-refractivity contribution in [2.24, 2.45) is 0 Å². The fourth-order valence-corrected chi connectivity index (χ4v) is 1.99. The highest BCUT2D eigenvalue weighted by molar-refractivity contribution is 5.94. The Kier molecular flexibility index (Phi) is 3.15. The Morgan fingerprint density at radius 3 is 2.53 bits per heavy atom. The summed E-state index contributed by atoms with van der Waals surface area (Å²) >= 11 is 0. The predicted octanol–water partition coefficient (Wildman–Crippen LogP) is 2.92.